The number of benzene rings is 1. The third kappa shape index (κ3) is 2.95. The first-order valence-corrected chi connectivity index (χ1v) is 6.03. The molecule has 0 saturated carbocycles. The van der Waals surface area contributed by atoms with E-state index in [1.807, 2.05) is 5.38 Å². The van der Waals surface area contributed by atoms with E-state index in [9.17, 15) is 0 Å². The lowest BCUT2D eigenvalue weighted by molar-refractivity contribution is 1.29. The van der Waals surface area contributed by atoms with Crippen molar-refractivity contribution < 1.29 is 0 Å². The fourth-order valence-electron chi connectivity index (χ4n) is 1.04. The van der Waals surface area contributed by atoms with E-state index >= 15 is 0 Å². The van der Waals surface area contributed by atoms with Crippen LogP contribution in [0.1, 0.15) is 5.56 Å². The molecule has 0 unspecified atom stereocenters. The summed E-state index contributed by atoms with van der Waals surface area (Å²) in [4.78, 5) is 4.02. The zero-order valence-electron chi connectivity index (χ0n) is 8.02. The Morgan fingerprint density at radius 3 is 2.94 bits per heavy atom. The molecular weight excluding hydrogens is 265 g/mol. The fourth-order valence-corrected chi connectivity index (χ4v) is 1.98. The number of aromatic nitrogens is 1. The van der Waals surface area contributed by atoms with Gasteiger partial charge in [-0.15, -0.1) is 11.3 Å². The zero-order valence-corrected chi connectivity index (χ0v) is 10.4. The third-order valence-corrected chi connectivity index (χ3v) is 3.00. The first-order chi connectivity index (χ1) is 7.75. The second kappa shape index (κ2) is 5.30. The third-order valence-electron chi connectivity index (χ3n) is 1.76. The van der Waals surface area contributed by atoms with Crippen LogP contribution in [0.2, 0.25) is 10.0 Å². The summed E-state index contributed by atoms with van der Waals surface area (Å²) >= 11 is 13.2. The number of anilines is 1. The largest absolute Gasteiger partial charge is 0.253 e. The summed E-state index contributed by atoms with van der Waals surface area (Å²) in [6.07, 6.45) is 3.33. The quantitative estimate of drug-likeness (QED) is 0.679. The molecule has 0 aliphatic rings. The Morgan fingerprint density at radius 1 is 1.38 bits per heavy atom. The highest BCUT2D eigenvalue weighted by Crippen LogP contribution is 2.19. The van der Waals surface area contributed by atoms with Crippen LogP contribution in [0.25, 0.3) is 0 Å². The Labute approximate surface area is 107 Å². The highest BCUT2D eigenvalue weighted by Gasteiger charge is 1.98. The molecule has 0 radical (unpaired) electrons. The molecule has 3 nitrogen and oxygen atoms in total. The van der Waals surface area contributed by atoms with Crippen molar-refractivity contribution in [1.82, 2.24) is 4.98 Å². The van der Waals surface area contributed by atoms with E-state index in [0.29, 0.717) is 10.0 Å². The molecule has 1 heterocycles. The Balaban J connectivity index is 2.06. The van der Waals surface area contributed by atoms with Crippen molar-refractivity contribution in [3.8, 4) is 0 Å². The van der Waals surface area contributed by atoms with E-state index in [-0.39, 0.29) is 0 Å². The first-order valence-electron chi connectivity index (χ1n) is 4.39. The van der Waals surface area contributed by atoms with Gasteiger partial charge in [-0.25, -0.2) is 4.98 Å². The van der Waals surface area contributed by atoms with Gasteiger partial charge in [0.15, 0.2) is 0 Å². The SMILES string of the molecule is Clc1ccc(/C=N/Nc2nccs2)c(Cl)c1. The smallest absolute Gasteiger partial charge is 0.203 e. The van der Waals surface area contributed by atoms with Crippen LogP contribution in [0.15, 0.2) is 34.9 Å². The van der Waals surface area contributed by atoms with E-state index in [1.54, 1.807) is 30.6 Å². The molecule has 0 atom stereocenters. The van der Waals surface area contributed by atoms with Crippen LogP contribution in [0.4, 0.5) is 5.13 Å². The van der Waals surface area contributed by atoms with Gasteiger partial charge in [0, 0.05) is 22.2 Å². The fraction of sp³-hybridized carbons (Fsp3) is 0. The second-order valence-electron chi connectivity index (χ2n) is 2.87. The minimum atomic E-state index is 0.567. The number of thiazole rings is 1. The lowest BCUT2D eigenvalue weighted by Crippen LogP contribution is -1.90. The summed E-state index contributed by atoms with van der Waals surface area (Å²) in [6.45, 7) is 0. The highest BCUT2D eigenvalue weighted by atomic mass is 35.5. The summed E-state index contributed by atoms with van der Waals surface area (Å²) in [5, 5.41) is 7.80. The number of nitrogens with one attached hydrogen (secondary N) is 1. The number of hydrogen-bond acceptors (Lipinski definition) is 4. The van der Waals surface area contributed by atoms with Gasteiger partial charge in [-0.3, -0.25) is 5.43 Å². The van der Waals surface area contributed by atoms with E-state index in [1.165, 1.54) is 11.3 Å². The number of hydrogen-bond donors (Lipinski definition) is 1. The molecule has 0 spiro atoms. The van der Waals surface area contributed by atoms with Crippen molar-refractivity contribution in [2.75, 3.05) is 5.43 Å². The van der Waals surface area contributed by atoms with Gasteiger partial charge in [0.2, 0.25) is 5.13 Å². The van der Waals surface area contributed by atoms with Crippen LogP contribution < -0.4 is 5.43 Å². The van der Waals surface area contributed by atoms with E-state index in [0.717, 1.165) is 10.7 Å². The summed E-state index contributed by atoms with van der Waals surface area (Å²) in [6, 6.07) is 5.24. The summed E-state index contributed by atoms with van der Waals surface area (Å²) in [7, 11) is 0. The van der Waals surface area contributed by atoms with Gasteiger partial charge in [0.1, 0.15) is 0 Å². The molecule has 0 bridgehead atoms. The van der Waals surface area contributed by atoms with Gasteiger partial charge in [-0.2, -0.15) is 5.10 Å². The van der Waals surface area contributed by atoms with Crippen LogP contribution >= 0.6 is 34.5 Å². The minimum Gasteiger partial charge on any atom is -0.253 e. The van der Waals surface area contributed by atoms with Gasteiger partial charge in [-0.1, -0.05) is 29.3 Å². The molecule has 0 amide bonds. The average molecular weight is 272 g/mol. The van der Waals surface area contributed by atoms with E-state index in [2.05, 4.69) is 15.5 Å². The van der Waals surface area contributed by atoms with Gasteiger partial charge in [0.25, 0.3) is 0 Å². The summed E-state index contributed by atoms with van der Waals surface area (Å²) in [5.41, 5.74) is 3.60. The maximum absolute atomic E-state index is 5.97. The molecule has 0 fully saturated rings. The average Bonchev–Trinajstić information content (AvgIpc) is 2.74. The van der Waals surface area contributed by atoms with Crippen LogP contribution in [0, 0.1) is 0 Å². The van der Waals surface area contributed by atoms with Crippen molar-refractivity contribution >= 4 is 45.9 Å². The normalized spacial score (nSPS) is 10.9. The number of rotatable bonds is 3. The van der Waals surface area contributed by atoms with Gasteiger partial charge >= 0.3 is 0 Å². The van der Waals surface area contributed by atoms with Crippen LogP contribution in [-0.4, -0.2) is 11.2 Å². The molecule has 82 valence electrons. The van der Waals surface area contributed by atoms with E-state index < -0.39 is 0 Å². The standard InChI is InChI=1S/C10H7Cl2N3S/c11-8-2-1-7(9(12)5-8)6-14-15-10-13-3-4-16-10/h1-6H,(H,13,15)/b14-6+. The molecule has 6 heteroatoms. The lowest BCUT2D eigenvalue weighted by Gasteiger charge is -1.98. The van der Waals surface area contributed by atoms with Crippen molar-refractivity contribution in [3.63, 3.8) is 0 Å². The number of halogens is 2. The maximum Gasteiger partial charge on any atom is 0.203 e. The van der Waals surface area contributed by atoms with Crippen LogP contribution in [-0.2, 0) is 0 Å². The molecule has 1 aromatic carbocycles. The van der Waals surface area contributed by atoms with Crippen LogP contribution in [0.5, 0.6) is 0 Å². The molecule has 2 rings (SSSR count). The molecule has 16 heavy (non-hydrogen) atoms. The predicted molar refractivity (Wildman–Crippen MR) is 69.8 cm³/mol. The molecule has 0 aliphatic carbocycles. The zero-order chi connectivity index (χ0) is 11.4. The minimum absolute atomic E-state index is 0.567. The summed E-state index contributed by atoms with van der Waals surface area (Å²) in [5.74, 6) is 0. The lowest BCUT2D eigenvalue weighted by atomic mass is 10.2. The molecule has 2 aromatic rings. The topological polar surface area (TPSA) is 37.3 Å². The predicted octanol–water partition coefficient (Wildman–Crippen LogP) is 3.90. The van der Waals surface area contributed by atoms with E-state index in [4.69, 9.17) is 23.2 Å². The van der Waals surface area contributed by atoms with Crippen LogP contribution in [0.3, 0.4) is 0 Å². The van der Waals surface area contributed by atoms with Crippen molar-refractivity contribution in [3.05, 3.63) is 45.4 Å². The maximum atomic E-state index is 5.97. The van der Waals surface area contributed by atoms with Crippen molar-refractivity contribution in [2.24, 2.45) is 5.10 Å². The molecule has 0 saturated heterocycles. The van der Waals surface area contributed by atoms with Crippen molar-refractivity contribution in [1.29, 1.82) is 0 Å². The molecule has 0 aliphatic heterocycles. The monoisotopic (exact) mass is 271 g/mol. The molecular formula is C10H7Cl2N3S. The first kappa shape index (κ1) is 11.4. The Kier molecular flexibility index (Phi) is 3.77. The number of hydrazone groups is 1. The Bertz CT molecular complexity index is 497. The van der Waals surface area contributed by atoms with Gasteiger partial charge in [-0.05, 0) is 12.1 Å². The van der Waals surface area contributed by atoms with Gasteiger partial charge in [0.05, 0.1) is 11.2 Å². The van der Waals surface area contributed by atoms with Crippen molar-refractivity contribution in [2.45, 2.75) is 0 Å². The molecule has 1 N–H and O–H groups in total. The van der Waals surface area contributed by atoms with Gasteiger partial charge < -0.3 is 0 Å². The highest BCUT2D eigenvalue weighted by molar-refractivity contribution is 7.13. The number of nitrogens with zero attached hydrogens (tertiary/aromatic N) is 2. The Morgan fingerprint density at radius 2 is 2.25 bits per heavy atom. The summed E-state index contributed by atoms with van der Waals surface area (Å²) < 4.78 is 0. The molecule has 1 aromatic heterocycles. The Hall–Kier alpha value is -1.10. The second-order valence-corrected chi connectivity index (χ2v) is 4.61.